The lowest BCUT2D eigenvalue weighted by molar-refractivity contribution is -0.143. The van der Waals surface area contributed by atoms with Crippen molar-refractivity contribution < 1.29 is 19.5 Å². The van der Waals surface area contributed by atoms with Gasteiger partial charge in [-0.15, -0.1) is 11.8 Å². The molecule has 7 nitrogen and oxygen atoms in total. The van der Waals surface area contributed by atoms with E-state index in [2.05, 4.69) is 10.6 Å². The number of hydrogen-bond acceptors (Lipinski definition) is 5. The number of carbonyl (C=O) groups is 3. The van der Waals surface area contributed by atoms with Gasteiger partial charge in [-0.05, 0) is 31.6 Å². The van der Waals surface area contributed by atoms with Crippen molar-refractivity contribution in [3.8, 4) is 0 Å². The average molecular weight is 357 g/mol. The minimum atomic E-state index is -0.900. The van der Waals surface area contributed by atoms with E-state index in [9.17, 15) is 19.5 Å². The molecular formula is C16H27N3O4S. The summed E-state index contributed by atoms with van der Waals surface area (Å²) in [6.07, 6.45) is 4.06. The second-order valence-corrected chi connectivity index (χ2v) is 7.41. The van der Waals surface area contributed by atoms with Crippen molar-refractivity contribution in [2.24, 2.45) is 5.92 Å². The Morgan fingerprint density at radius 1 is 1.12 bits per heavy atom. The molecule has 3 amide bonds. The summed E-state index contributed by atoms with van der Waals surface area (Å²) in [5.41, 5.74) is 0. The monoisotopic (exact) mass is 357 g/mol. The first kappa shape index (κ1) is 19.1. The highest BCUT2D eigenvalue weighted by molar-refractivity contribution is 8.00. The molecular weight excluding hydrogens is 330 g/mol. The zero-order chi connectivity index (χ0) is 17.4. The predicted octanol–water partition coefficient (Wildman–Crippen LogP) is -0.265. The van der Waals surface area contributed by atoms with E-state index in [0.717, 1.165) is 13.0 Å². The van der Waals surface area contributed by atoms with Crippen LogP contribution >= 0.6 is 11.8 Å². The maximum Gasteiger partial charge on any atom is 0.251 e. The van der Waals surface area contributed by atoms with Crippen molar-refractivity contribution in [2.75, 3.05) is 37.7 Å². The van der Waals surface area contributed by atoms with Gasteiger partial charge in [0.05, 0.1) is 11.5 Å². The molecule has 0 unspecified atom stereocenters. The highest BCUT2D eigenvalue weighted by atomic mass is 32.2. The summed E-state index contributed by atoms with van der Waals surface area (Å²) in [5.74, 6) is 0.736. The Labute approximate surface area is 146 Å². The van der Waals surface area contributed by atoms with E-state index in [4.69, 9.17) is 0 Å². The van der Waals surface area contributed by atoms with Crippen molar-refractivity contribution in [2.45, 2.75) is 38.2 Å². The van der Waals surface area contributed by atoms with E-state index >= 15 is 0 Å². The van der Waals surface area contributed by atoms with E-state index < -0.39 is 6.10 Å². The molecule has 2 rings (SSSR count). The van der Waals surface area contributed by atoms with Crippen LogP contribution < -0.4 is 10.6 Å². The zero-order valence-electron chi connectivity index (χ0n) is 14.0. The Morgan fingerprint density at radius 2 is 1.83 bits per heavy atom. The van der Waals surface area contributed by atoms with Gasteiger partial charge in [0.15, 0.2) is 0 Å². The number of rotatable bonds is 9. The van der Waals surface area contributed by atoms with Gasteiger partial charge in [0.25, 0.3) is 5.91 Å². The number of piperidine rings is 1. The SMILES string of the molecule is O=C(CSCC(=O)NCC1CCC1)NCCN1CCC[C@H](O)C1=O. The van der Waals surface area contributed by atoms with Crippen LogP contribution in [0.4, 0.5) is 0 Å². The number of nitrogens with zero attached hydrogens (tertiary/aromatic N) is 1. The first-order valence-electron chi connectivity index (χ1n) is 8.64. The highest BCUT2D eigenvalue weighted by Gasteiger charge is 2.26. The van der Waals surface area contributed by atoms with Crippen molar-refractivity contribution in [1.29, 1.82) is 0 Å². The molecule has 1 saturated carbocycles. The first-order valence-corrected chi connectivity index (χ1v) is 9.79. The lowest BCUT2D eigenvalue weighted by Gasteiger charge is -2.29. The summed E-state index contributed by atoms with van der Waals surface area (Å²) in [5, 5.41) is 15.1. The minimum Gasteiger partial charge on any atom is -0.383 e. The molecule has 0 aromatic rings. The van der Waals surface area contributed by atoms with Crippen molar-refractivity contribution in [3.63, 3.8) is 0 Å². The molecule has 2 fully saturated rings. The third-order valence-corrected chi connectivity index (χ3v) is 5.42. The van der Waals surface area contributed by atoms with Crippen molar-refractivity contribution >= 4 is 29.5 Å². The van der Waals surface area contributed by atoms with Crippen LogP contribution in [0.2, 0.25) is 0 Å². The molecule has 0 bridgehead atoms. The van der Waals surface area contributed by atoms with Gasteiger partial charge in [-0.2, -0.15) is 0 Å². The van der Waals surface area contributed by atoms with Crippen LogP contribution in [0.5, 0.6) is 0 Å². The van der Waals surface area contributed by atoms with Crippen LogP contribution in [0.25, 0.3) is 0 Å². The molecule has 0 aromatic carbocycles. The molecule has 0 spiro atoms. The van der Waals surface area contributed by atoms with Crippen LogP contribution in [0.3, 0.4) is 0 Å². The Kier molecular flexibility index (Phi) is 7.84. The molecule has 1 atom stereocenters. The van der Waals surface area contributed by atoms with Crippen LogP contribution in [-0.4, -0.2) is 71.5 Å². The second-order valence-electron chi connectivity index (χ2n) is 6.43. The standard InChI is InChI=1S/C16H27N3O4S/c20-13-5-2-7-19(16(13)23)8-6-17-14(21)10-24-11-15(22)18-9-12-3-1-4-12/h12-13,20H,1-11H2,(H,17,21)(H,18,22)/t13-/m0/s1. The molecule has 8 heteroatoms. The zero-order valence-corrected chi connectivity index (χ0v) is 14.8. The molecule has 1 saturated heterocycles. The van der Waals surface area contributed by atoms with E-state index in [1.807, 2.05) is 0 Å². The fourth-order valence-corrected chi connectivity index (χ4v) is 3.44. The third kappa shape index (κ3) is 6.32. The summed E-state index contributed by atoms with van der Waals surface area (Å²) in [7, 11) is 0. The summed E-state index contributed by atoms with van der Waals surface area (Å²) < 4.78 is 0. The van der Waals surface area contributed by atoms with Gasteiger partial charge in [0.2, 0.25) is 11.8 Å². The van der Waals surface area contributed by atoms with Gasteiger partial charge in [0, 0.05) is 26.2 Å². The molecule has 0 aromatic heterocycles. The van der Waals surface area contributed by atoms with Gasteiger partial charge in [0.1, 0.15) is 6.10 Å². The van der Waals surface area contributed by atoms with Crippen molar-refractivity contribution in [3.05, 3.63) is 0 Å². The summed E-state index contributed by atoms with van der Waals surface area (Å²) in [6, 6.07) is 0. The number of aliphatic hydroxyl groups excluding tert-OH is 1. The van der Waals surface area contributed by atoms with Crippen LogP contribution in [0, 0.1) is 5.92 Å². The highest BCUT2D eigenvalue weighted by Crippen LogP contribution is 2.25. The van der Waals surface area contributed by atoms with Gasteiger partial charge < -0.3 is 20.6 Å². The largest absolute Gasteiger partial charge is 0.383 e. The number of aliphatic hydroxyl groups is 1. The summed E-state index contributed by atoms with van der Waals surface area (Å²) >= 11 is 1.29. The summed E-state index contributed by atoms with van der Waals surface area (Å²) in [6.45, 7) is 2.16. The van der Waals surface area contributed by atoms with E-state index in [-0.39, 0.29) is 29.2 Å². The smallest absolute Gasteiger partial charge is 0.251 e. The van der Waals surface area contributed by atoms with Crippen LogP contribution in [0.1, 0.15) is 32.1 Å². The molecule has 1 aliphatic heterocycles. The fourth-order valence-electron chi connectivity index (χ4n) is 2.77. The number of thioether (sulfide) groups is 1. The minimum absolute atomic E-state index is 0.0207. The van der Waals surface area contributed by atoms with Gasteiger partial charge >= 0.3 is 0 Å². The summed E-state index contributed by atoms with van der Waals surface area (Å²) in [4.78, 5) is 36.6. The van der Waals surface area contributed by atoms with Crippen LogP contribution in [0.15, 0.2) is 0 Å². The van der Waals surface area contributed by atoms with E-state index in [0.29, 0.717) is 32.0 Å². The molecule has 136 valence electrons. The number of carbonyl (C=O) groups excluding carboxylic acids is 3. The Hall–Kier alpha value is -1.28. The maximum absolute atomic E-state index is 11.7. The Morgan fingerprint density at radius 3 is 2.50 bits per heavy atom. The first-order chi connectivity index (χ1) is 11.6. The van der Waals surface area contributed by atoms with Gasteiger partial charge in [-0.25, -0.2) is 0 Å². The second kappa shape index (κ2) is 9.88. The normalized spacial score (nSPS) is 21.3. The quantitative estimate of drug-likeness (QED) is 0.528. The number of likely N-dealkylation sites (tertiary alicyclic amines) is 1. The fraction of sp³-hybridized carbons (Fsp3) is 0.812. The Bertz CT molecular complexity index is 457. The van der Waals surface area contributed by atoms with Crippen LogP contribution in [-0.2, 0) is 14.4 Å². The number of amides is 3. The predicted molar refractivity (Wildman–Crippen MR) is 92.5 cm³/mol. The molecule has 1 heterocycles. The average Bonchev–Trinajstić information content (AvgIpc) is 2.50. The van der Waals surface area contributed by atoms with Crippen molar-refractivity contribution in [1.82, 2.24) is 15.5 Å². The van der Waals surface area contributed by atoms with E-state index in [1.54, 1.807) is 4.90 Å². The molecule has 0 radical (unpaired) electrons. The van der Waals surface area contributed by atoms with Gasteiger partial charge in [-0.1, -0.05) is 6.42 Å². The van der Waals surface area contributed by atoms with Gasteiger partial charge in [-0.3, -0.25) is 14.4 Å². The third-order valence-electron chi connectivity index (χ3n) is 4.49. The lowest BCUT2D eigenvalue weighted by Crippen LogP contribution is -2.47. The number of hydrogen-bond donors (Lipinski definition) is 3. The molecule has 3 N–H and O–H groups in total. The maximum atomic E-state index is 11.7. The number of nitrogens with one attached hydrogen (secondary N) is 2. The van der Waals surface area contributed by atoms with E-state index in [1.165, 1.54) is 31.0 Å². The Balaban J connectivity index is 1.48. The topological polar surface area (TPSA) is 98.7 Å². The molecule has 1 aliphatic carbocycles. The molecule has 24 heavy (non-hydrogen) atoms. The molecule has 2 aliphatic rings. The lowest BCUT2D eigenvalue weighted by atomic mass is 9.85.